The molecule has 0 unspecified atom stereocenters. The largest absolute Gasteiger partial charge is 0.482 e. The highest BCUT2D eigenvalue weighted by molar-refractivity contribution is 5.74. The Morgan fingerprint density at radius 3 is 2.34 bits per heavy atom. The predicted octanol–water partition coefficient (Wildman–Crippen LogP) is 6.11. The van der Waals surface area contributed by atoms with Crippen LogP contribution >= 0.6 is 0 Å². The van der Waals surface area contributed by atoms with Gasteiger partial charge in [-0.1, -0.05) is 36.4 Å². The lowest BCUT2D eigenvalue weighted by Gasteiger charge is -2.28. The van der Waals surface area contributed by atoms with E-state index in [9.17, 15) is 18.0 Å². The molecule has 0 aliphatic rings. The first-order valence-corrected chi connectivity index (χ1v) is 11.1. The quantitative estimate of drug-likeness (QED) is 0.374. The number of aliphatic carboxylic acids is 1. The van der Waals surface area contributed by atoms with Crippen LogP contribution in [0.4, 0.5) is 18.9 Å². The van der Waals surface area contributed by atoms with Gasteiger partial charge in [0.2, 0.25) is 0 Å². The summed E-state index contributed by atoms with van der Waals surface area (Å²) in [4.78, 5) is 12.9. The van der Waals surface area contributed by atoms with Crippen LogP contribution in [0.2, 0.25) is 0 Å². The first kappa shape index (κ1) is 26.1. The summed E-state index contributed by atoms with van der Waals surface area (Å²) in [6.45, 7) is 5.05. The normalized spacial score (nSPS) is 11.4. The van der Waals surface area contributed by atoms with Crippen molar-refractivity contribution in [3.8, 4) is 16.9 Å². The summed E-state index contributed by atoms with van der Waals surface area (Å²) in [5.41, 5.74) is 4.60. The van der Waals surface area contributed by atoms with E-state index < -0.39 is 24.3 Å². The van der Waals surface area contributed by atoms with Crippen molar-refractivity contribution in [2.75, 3.05) is 31.8 Å². The number of halogens is 3. The van der Waals surface area contributed by atoms with E-state index in [4.69, 9.17) is 14.6 Å². The second-order valence-electron chi connectivity index (χ2n) is 8.22. The number of ether oxygens (including phenoxy) is 2. The van der Waals surface area contributed by atoms with Gasteiger partial charge in [-0.25, -0.2) is 4.79 Å². The minimum atomic E-state index is -4.38. The minimum Gasteiger partial charge on any atom is -0.482 e. The van der Waals surface area contributed by atoms with E-state index in [1.165, 1.54) is 12.1 Å². The summed E-state index contributed by atoms with van der Waals surface area (Å²) in [6.07, 6.45) is -4.38. The van der Waals surface area contributed by atoms with Gasteiger partial charge in [-0.3, -0.25) is 0 Å². The summed E-state index contributed by atoms with van der Waals surface area (Å²) in [7, 11) is 1.63. The van der Waals surface area contributed by atoms with Gasteiger partial charge < -0.3 is 19.5 Å². The van der Waals surface area contributed by atoms with Gasteiger partial charge in [0.15, 0.2) is 6.61 Å². The fourth-order valence-electron chi connectivity index (χ4n) is 3.94. The monoisotopic (exact) mass is 487 g/mol. The molecule has 1 N–H and O–H groups in total. The lowest BCUT2D eigenvalue weighted by atomic mass is 9.97. The van der Waals surface area contributed by atoms with E-state index >= 15 is 0 Å². The molecule has 0 bridgehead atoms. The predicted molar refractivity (Wildman–Crippen MR) is 129 cm³/mol. The Morgan fingerprint density at radius 2 is 1.74 bits per heavy atom. The van der Waals surface area contributed by atoms with Crippen LogP contribution in [-0.4, -0.2) is 37.9 Å². The first-order valence-electron chi connectivity index (χ1n) is 11.1. The molecule has 0 aliphatic carbocycles. The number of benzene rings is 3. The van der Waals surface area contributed by atoms with Crippen molar-refractivity contribution in [2.45, 2.75) is 26.6 Å². The Bertz CT molecular complexity index is 1160. The Labute approximate surface area is 202 Å². The van der Waals surface area contributed by atoms with E-state index in [1.807, 2.05) is 44.2 Å². The molecule has 0 amide bonds. The summed E-state index contributed by atoms with van der Waals surface area (Å²) < 4.78 is 49.5. The molecule has 186 valence electrons. The molecule has 0 saturated heterocycles. The molecule has 3 aromatic rings. The zero-order chi connectivity index (χ0) is 25.6. The van der Waals surface area contributed by atoms with Gasteiger partial charge in [0, 0.05) is 25.9 Å². The number of hydrogen-bond donors (Lipinski definition) is 1. The number of carbonyl (C=O) groups is 1. The molecule has 0 aliphatic heterocycles. The van der Waals surface area contributed by atoms with E-state index in [0.717, 1.165) is 40.1 Å². The number of rotatable bonds is 10. The highest BCUT2D eigenvalue weighted by Gasteiger charge is 2.30. The topological polar surface area (TPSA) is 59.0 Å². The highest BCUT2D eigenvalue weighted by Crippen LogP contribution is 2.34. The van der Waals surface area contributed by atoms with E-state index in [0.29, 0.717) is 31.0 Å². The fraction of sp³-hybridized carbons (Fsp3) is 0.296. The van der Waals surface area contributed by atoms with Crippen LogP contribution in [-0.2, 0) is 22.3 Å². The van der Waals surface area contributed by atoms with Crippen LogP contribution in [0.3, 0.4) is 0 Å². The number of alkyl halides is 3. The van der Waals surface area contributed by atoms with E-state index in [2.05, 4.69) is 4.90 Å². The van der Waals surface area contributed by atoms with Crippen molar-refractivity contribution >= 4 is 11.7 Å². The van der Waals surface area contributed by atoms with Crippen molar-refractivity contribution < 1.29 is 32.5 Å². The Morgan fingerprint density at radius 1 is 1.03 bits per heavy atom. The number of methoxy groups -OCH3 is 1. The van der Waals surface area contributed by atoms with Gasteiger partial charge >= 0.3 is 12.1 Å². The van der Waals surface area contributed by atoms with Crippen LogP contribution in [0, 0.1) is 13.8 Å². The summed E-state index contributed by atoms with van der Waals surface area (Å²) in [5.74, 6) is -0.525. The third-order valence-electron chi connectivity index (χ3n) is 5.70. The second kappa shape index (κ2) is 11.3. The molecule has 0 spiro atoms. The number of carboxylic acids is 1. The third-order valence-corrected chi connectivity index (χ3v) is 5.70. The SMILES string of the molecule is COCCN(Cc1ccc(OCC(=O)O)c(C)c1)c1cccc(-c2ccc(C(F)(F)F)cc2)c1C. The van der Waals surface area contributed by atoms with Gasteiger partial charge in [0.1, 0.15) is 5.75 Å². The van der Waals surface area contributed by atoms with Crippen LogP contribution in [0.15, 0.2) is 60.7 Å². The molecule has 0 aromatic heterocycles. The Balaban J connectivity index is 1.89. The van der Waals surface area contributed by atoms with Crippen LogP contribution in [0.1, 0.15) is 22.3 Å². The molecule has 3 aromatic carbocycles. The smallest absolute Gasteiger partial charge is 0.416 e. The molecule has 0 radical (unpaired) electrons. The van der Waals surface area contributed by atoms with Crippen LogP contribution < -0.4 is 9.64 Å². The van der Waals surface area contributed by atoms with Gasteiger partial charge in [0.25, 0.3) is 0 Å². The molecule has 0 fully saturated rings. The maximum absolute atomic E-state index is 13.0. The van der Waals surface area contributed by atoms with Crippen molar-refractivity contribution in [3.63, 3.8) is 0 Å². The number of anilines is 1. The minimum absolute atomic E-state index is 0.407. The highest BCUT2D eigenvalue weighted by atomic mass is 19.4. The molecular formula is C27H28F3NO4. The zero-order valence-electron chi connectivity index (χ0n) is 19.9. The fourth-order valence-corrected chi connectivity index (χ4v) is 3.94. The van der Waals surface area contributed by atoms with E-state index in [-0.39, 0.29) is 0 Å². The molecule has 5 nitrogen and oxygen atoms in total. The van der Waals surface area contributed by atoms with Crippen LogP contribution in [0.25, 0.3) is 11.1 Å². The zero-order valence-corrected chi connectivity index (χ0v) is 19.9. The lowest BCUT2D eigenvalue weighted by molar-refractivity contribution is -0.139. The van der Waals surface area contributed by atoms with Gasteiger partial charge in [-0.05, 0) is 65.9 Å². The maximum Gasteiger partial charge on any atom is 0.416 e. The number of carboxylic acid groups (broad SMARTS) is 1. The molecule has 0 heterocycles. The van der Waals surface area contributed by atoms with Gasteiger partial charge in [0.05, 0.1) is 12.2 Å². The lowest BCUT2D eigenvalue weighted by Crippen LogP contribution is -2.27. The Kier molecular flexibility index (Phi) is 8.40. The van der Waals surface area contributed by atoms with E-state index in [1.54, 1.807) is 13.2 Å². The molecule has 35 heavy (non-hydrogen) atoms. The number of hydrogen-bond acceptors (Lipinski definition) is 4. The average molecular weight is 488 g/mol. The van der Waals surface area contributed by atoms with Crippen molar-refractivity contribution in [1.29, 1.82) is 0 Å². The van der Waals surface area contributed by atoms with Gasteiger partial charge in [-0.15, -0.1) is 0 Å². The maximum atomic E-state index is 13.0. The second-order valence-corrected chi connectivity index (χ2v) is 8.22. The third kappa shape index (κ3) is 6.76. The first-order chi connectivity index (χ1) is 16.6. The standard InChI is InChI=1S/C27H28F3NO4/c1-18-15-20(7-12-25(18)35-17-26(32)33)16-31(13-14-34-3)24-6-4-5-23(19(24)2)21-8-10-22(11-9-21)27(28,29)30/h4-12,15H,13-14,16-17H2,1-3H3,(H,32,33). The molecule has 0 saturated carbocycles. The summed E-state index contributed by atoms with van der Waals surface area (Å²) in [5, 5.41) is 8.83. The van der Waals surface area contributed by atoms with Crippen molar-refractivity contribution in [2.24, 2.45) is 0 Å². The summed E-state index contributed by atoms with van der Waals surface area (Å²) >= 11 is 0. The number of aryl methyl sites for hydroxylation is 1. The van der Waals surface area contributed by atoms with Gasteiger partial charge in [-0.2, -0.15) is 13.2 Å². The number of nitrogens with zero attached hydrogens (tertiary/aromatic N) is 1. The van der Waals surface area contributed by atoms with Crippen molar-refractivity contribution in [3.05, 3.63) is 82.9 Å². The average Bonchev–Trinajstić information content (AvgIpc) is 2.81. The molecule has 3 rings (SSSR count). The molecule has 0 atom stereocenters. The summed E-state index contributed by atoms with van der Waals surface area (Å²) in [6, 6.07) is 16.6. The Hall–Kier alpha value is -3.52. The molecule has 8 heteroatoms. The van der Waals surface area contributed by atoms with Crippen LogP contribution in [0.5, 0.6) is 5.75 Å². The molecular weight excluding hydrogens is 459 g/mol. The van der Waals surface area contributed by atoms with Crippen molar-refractivity contribution in [1.82, 2.24) is 0 Å².